The van der Waals surface area contributed by atoms with Crippen LogP contribution in [0.3, 0.4) is 0 Å². The summed E-state index contributed by atoms with van der Waals surface area (Å²) < 4.78 is 14.3. The van der Waals surface area contributed by atoms with Gasteiger partial charge in [-0.2, -0.15) is 4.98 Å². The van der Waals surface area contributed by atoms with Gasteiger partial charge >= 0.3 is 0 Å². The van der Waals surface area contributed by atoms with Gasteiger partial charge in [0.2, 0.25) is 5.91 Å². The Labute approximate surface area is 150 Å². The molecule has 0 atom stereocenters. The molecule has 1 aromatic carbocycles. The normalized spacial score (nSPS) is 11.1. The number of nitrogens with zero attached hydrogens (tertiary/aromatic N) is 3. The third kappa shape index (κ3) is 2.98. The Morgan fingerprint density at radius 3 is 2.54 bits per heavy atom. The van der Waals surface area contributed by atoms with E-state index in [4.69, 9.17) is 9.47 Å². The minimum absolute atomic E-state index is 0.0981. The topological polar surface area (TPSA) is 86.9 Å². The van der Waals surface area contributed by atoms with E-state index in [0.29, 0.717) is 34.8 Å². The van der Waals surface area contributed by atoms with Crippen molar-refractivity contribution in [3.63, 3.8) is 0 Å². The quantitative estimate of drug-likeness (QED) is 0.722. The summed E-state index contributed by atoms with van der Waals surface area (Å²) in [5.74, 6) is 0.961. The highest BCUT2D eigenvalue weighted by Gasteiger charge is 2.19. The molecule has 0 aliphatic rings. The summed E-state index contributed by atoms with van der Waals surface area (Å²) in [6, 6.07) is 5.01. The molecule has 8 heteroatoms. The van der Waals surface area contributed by atoms with Gasteiger partial charge in [-0.3, -0.25) is 14.3 Å². The van der Waals surface area contributed by atoms with Gasteiger partial charge in [0, 0.05) is 29.8 Å². The van der Waals surface area contributed by atoms with Crippen LogP contribution in [0.4, 0.5) is 0 Å². The first kappa shape index (κ1) is 17.8. The smallest absolute Gasteiger partial charge is 0.273 e. The number of hydrogen-bond acceptors (Lipinski definition) is 5. The molecule has 1 N–H and O–H groups in total. The molecule has 0 radical (unpaired) electrons. The van der Waals surface area contributed by atoms with E-state index < -0.39 is 0 Å². The van der Waals surface area contributed by atoms with Crippen molar-refractivity contribution in [1.29, 1.82) is 0 Å². The molecule has 26 heavy (non-hydrogen) atoms. The van der Waals surface area contributed by atoms with Gasteiger partial charge in [0.1, 0.15) is 6.54 Å². The van der Waals surface area contributed by atoms with Gasteiger partial charge in [0.05, 0.1) is 19.7 Å². The van der Waals surface area contributed by atoms with Crippen LogP contribution >= 0.6 is 0 Å². The van der Waals surface area contributed by atoms with Crippen molar-refractivity contribution >= 4 is 22.5 Å². The molecule has 2 aromatic heterocycles. The fraction of sp³-hybridized carbons (Fsp3) is 0.389. The van der Waals surface area contributed by atoms with Crippen LogP contribution in [0, 0.1) is 6.92 Å². The van der Waals surface area contributed by atoms with Crippen molar-refractivity contribution < 1.29 is 14.3 Å². The van der Waals surface area contributed by atoms with Crippen LogP contribution < -0.4 is 20.3 Å². The van der Waals surface area contributed by atoms with Crippen LogP contribution in [-0.2, 0) is 11.3 Å². The number of fused-ring (bicyclic) bond motifs is 3. The van der Waals surface area contributed by atoms with Crippen LogP contribution in [0.5, 0.6) is 11.5 Å². The second kappa shape index (κ2) is 7.07. The molecule has 0 unspecified atom stereocenters. The zero-order chi connectivity index (χ0) is 18.8. The van der Waals surface area contributed by atoms with E-state index in [0.717, 1.165) is 11.9 Å². The molecule has 0 fully saturated rings. The zero-order valence-electron chi connectivity index (χ0n) is 15.3. The summed E-state index contributed by atoms with van der Waals surface area (Å²) in [4.78, 5) is 28.4. The molecular formula is C18H22N4O4. The molecule has 0 saturated heterocycles. The first-order valence-electron chi connectivity index (χ1n) is 8.41. The number of aryl methyl sites for hydroxylation is 1. The monoisotopic (exact) mass is 358 g/mol. The Hall–Kier alpha value is -3.03. The molecule has 0 saturated carbocycles. The Morgan fingerprint density at radius 1 is 1.19 bits per heavy atom. The number of aromatic nitrogens is 3. The third-order valence-electron chi connectivity index (χ3n) is 4.21. The number of methoxy groups -OCH3 is 2. The Balaban J connectivity index is 2.31. The Bertz CT molecular complexity index is 1040. The van der Waals surface area contributed by atoms with Crippen molar-refractivity contribution in [2.75, 3.05) is 20.8 Å². The highest BCUT2D eigenvalue weighted by Crippen LogP contribution is 2.34. The van der Waals surface area contributed by atoms with E-state index in [1.54, 1.807) is 35.5 Å². The maximum absolute atomic E-state index is 12.3. The molecule has 1 amide bonds. The Morgan fingerprint density at radius 2 is 1.88 bits per heavy atom. The predicted molar refractivity (Wildman–Crippen MR) is 98.1 cm³/mol. The lowest BCUT2D eigenvalue weighted by atomic mass is 10.2. The minimum Gasteiger partial charge on any atom is -0.493 e. The van der Waals surface area contributed by atoms with E-state index in [9.17, 15) is 9.59 Å². The molecule has 138 valence electrons. The molecule has 3 rings (SSSR count). The lowest BCUT2D eigenvalue weighted by Gasteiger charge is -2.11. The van der Waals surface area contributed by atoms with Gasteiger partial charge < -0.3 is 14.8 Å². The summed E-state index contributed by atoms with van der Waals surface area (Å²) in [7, 11) is 3.10. The number of carbonyl (C=O) groups is 1. The molecule has 3 aromatic rings. The van der Waals surface area contributed by atoms with Crippen molar-refractivity contribution in [3.8, 4) is 11.5 Å². The lowest BCUT2D eigenvalue weighted by Crippen LogP contribution is -2.29. The number of amides is 1. The number of carbonyl (C=O) groups excluding carboxylic acids is 1. The summed E-state index contributed by atoms with van der Waals surface area (Å²) in [6.45, 7) is 4.51. The first-order chi connectivity index (χ1) is 12.5. The second-order valence-corrected chi connectivity index (χ2v) is 6.00. The molecule has 8 nitrogen and oxygen atoms in total. The predicted octanol–water partition coefficient (Wildman–Crippen LogP) is 1.50. The van der Waals surface area contributed by atoms with Crippen molar-refractivity contribution in [1.82, 2.24) is 19.5 Å². The van der Waals surface area contributed by atoms with E-state index >= 15 is 0 Å². The van der Waals surface area contributed by atoms with Crippen LogP contribution in [-0.4, -0.2) is 40.9 Å². The van der Waals surface area contributed by atoms with E-state index in [1.165, 1.54) is 6.07 Å². The van der Waals surface area contributed by atoms with Crippen molar-refractivity contribution in [3.05, 3.63) is 34.2 Å². The second-order valence-electron chi connectivity index (χ2n) is 6.00. The molecule has 0 bridgehead atoms. The summed E-state index contributed by atoms with van der Waals surface area (Å²) in [5.41, 5.74) is 1.58. The van der Waals surface area contributed by atoms with Gasteiger partial charge in [0.25, 0.3) is 5.56 Å². The van der Waals surface area contributed by atoms with E-state index in [-0.39, 0.29) is 18.0 Å². The average Bonchev–Trinajstić information content (AvgIpc) is 2.91. The zero-order valence-corrected chi connectivity index (χ0v) is 15.3. The maximum atomic E-state index is 12.3. The van der Waals surface area contributed by atoms with Crippen molar-refractivity contribution in [2.45, 2.75) is 26.8 Å². The van der Waals surface area contributed by atoms with Crippen molar-refractivity contribution in [2.24, 2.45) is 0 Å². The summed E-state index contributed by atoms with van der Waals surface area (Å²) >= 11 is 0. The highest BCUT2D eigenvalue weighted by molar-refractivity contribution is 5.96. The maximum Gasteiger partial charge on any atom is 0.273 e. The van der Waals surface area contributed by atoms with E-state index in [2.05, 4.69) is 10.3 Å². The summed E-state index contributed by atoms with van der Waals surface area (Å²) in [5, 5.41) is 3.59. The SMILES string of the molecule is CCCNC(=O)Cn1c2cc(OC)c(OC)cc2c2nc(=O)cc(C)n21. The Kier molecular flexibility index (Phi) is 4.83. The molecule has 2 heterocycles. The minimum atomic E-state index is -0.327. The molecule has 0 spiro atoms. The fourth-order valence-electron chi connectivity index (χ4n) is 3.05. The van der Waals surface area contributed by atoms with Crippen LogP contribution in [0.25, 0.3) is 16.6 Å². The number of nitrogens with one attached hydrogen (secondary N) is 1. The fourth-order valence-corrected chi connectivity index (χ4v) is 3.05. The molecule has 0 aliphatic heterocycles. The van der Waals surface area contributed by atoms with Gasteiger partial charge in [-0.05, 0) is 19.4 Å². The molecular weight excluding hydrogens is 336 g/mol. The summed E-state index contributed by atoms with van der Waals surface area (Å²) in [6.07, 6.45) is 0.858. The number of ether oxygens (including phenoxy) is 2. The third-order valence-corrected chi connectivity index (χ3v) is 4.21. The average molecular weight is 358 g/mol. The van der Waals surface area contributed by atoms with Gasteiger partial charge in [-0.25, -0.2) is 4.52 Å². The number of rotatable bonds is 6. The van der Waals surface area contributed by atoms with Gasteiger partial charge in [-0.15, -0.1) is 0 Å². The standard InChI is InChI=1S/C18H22N4O4/c1-5-6-19-17(24)10-21-13-9-15(26-4)14(25-3)8-12(13)18-20-16(23)7-11(2)22(18)21/h7-9H,5-6,10H2,1-4H3,(H,19,24). The lowest BCUT2D eigenvalue weighted by molar-refractivity contribution is -0.121. The molecule has 0 aliphatic carbocycles. The van der Waals surface area contributed by atoms with Gasteiger partial charge in [0.15, 0.2) is 17.1 Å². The first-order valence-corrected chi connectivity index (χ1v) is 8.41. The highest BCUT2D eigenvalue weighted by atomic mass is 16.5. The number of hydrogen-bond donors (Lipinski definition) is 1. The van der Waals surface area contributed by atoms with Crippen LogP contribution in [0.1, 0.15) is 19.0 Å². The van der Waals surface area contributed by atoms with E-state index in [1.807, 2.05) is 13.8 Å². The van der Waals surface area contributed by atoms with Crippen LogP contribution in [0.15, 0.2) is 23.0 Å². The van der Waals surface area contributed by atoms with Gasteiger partial charge in [-0.1, -0.05) is 6.92 Å². The number of benzene rings is 1. The van der Waals surface area contributed by atoms with Crippen LogP contribution in [0.2, 0.25) is 0 Å². The largest absolute Gasteiger partial charge is 0.493 e.